The van der Waals surface area contributed by atoms with E-state index in [0.29, 0.717) is 22.8 Å². The lowest BCUT2D eigenvalue weighted by molar-refractivity contribution is -0.150. The lowest BCUT2D eigenvalue weighted by Crippen LogP contribution is -2.26. The number of carbonyl (C=O) groups is 2. The molecule has 3 rings (SSSR count). The summed E-state index contributed by atoms with van der Waals surface area (Å²) < 4.78 is 21.2. The van der Waals surface area contributed by atoms with Gasteiger partial charge < -0.3 is 18.6 Å². The van der Waals surface area contributed by atoms with Gasteiger partial charge in [-0.15, -0.1) is 0 Å². The molecule has 1 aromatic heterocycles. The fraction of sp³-hybridized carbons (Fsp3) is 0.222. The summed E-state index contributed by atoms with van der Waals surface area (Å²) in [7, 11) is 0. The molecule has 1 aliphatic heterocycles. The first-order valence-electron chi connectivity index (χ1n) is 7.53. The Morgan fingerprint density at radius 2 is 2.17 bits per heavy atom. The van der Waals surface area contributed by atoms with Gasteiger partial charge in [0.2, 0.25) is 5.78 Å². The van der Waals surface area contributed by atoms with Crippen LogP contribution >= 0.6 is 0 Å². The molecule has 124 valence electrons. The molecule has 0 unspecified atom stereocenters. The van der Waals surface area contributed by atoms with E-state index >= 15 is 0 Å². The molecule has 0 saturated heterocycles. The van der Waals surface area contributed by atoms with Crippen LogP contribution in [0, 0.1) is 0 Å². The second-order valence-electron chi connectivity index (χ2n) is 5.13. The van der Waals surface area contributed by atoms with Crippen molar-refractivity contribution >= 4 is 17.8 Å². The number of furan rings is 1. The zero-order valence-electron chi connectivity index (χ0n) is 13.3. The van der Waals surface area contributed by atoms with Gasteiger partial charge in [-0.1, -0.05) is 0 Å². The summed E-state index contributed by atoms with van der Waals surface area (Å²) >= 11 is 0. The molecule has 0 spiro atoms. The second kappa shape index (κ2) is 6.62. The van der Waals surface area contributed by atoms with Crippen LogP contribution in [-0.2, 0) is 9.53 Å². The van der Waals surface area contributed by atoms with Crippen LogP contribution in [0.2, 0.25) is 0 Å². The van der Waals surface area contributed by atoms with Crippen molar-refractivity contribution in [2.45, 2.75) is 20.0 Å². The van der Waals surface area contributed by atoms with Crippen molar-refractivity contribution in [3.8, 4) is 11.5 Å². The Morgan fingerprint density at radius 1 is 1.33 bits per heavy atom. The summed E-state index contributed by atoms with van der Waals surface area (Å²) in [5.74, 6) is 0.821. The van der Waals surface area contributed by atoms with Crippen LogP contribution in [0.5, 0.6) is 11.5 Å². The van der Waals surface area contributed by atoms with Crippen LogP contribution in [0.25, 0.3) is 6.08 Å². The average Bonchev–Trinajstić information content (AvgIpc) is 3.17. The summed E-state index contributed by atoms with van der Waals surface area (Å²) in [6, 6.07) is 8.25. The lowest BCUT2D eigenvalue weighted by Gasteiger charge is -2.13. The van der Waals surface area contributed by atoms with Crippen molar-refractivity contribution in [2.75, 3.05) is 6.61 Å². The van der Waals surface area contributed by atoms with Crippen molar-refractivity contribution < 1.29 is 28.2 Å². The predicted molar refractivity (Wildman–Crippen MR) is 84.8 cm³/mol. The first-order valence-corrected chi connectivity index (χ1v) is 7.53. The minimum atomic E-state index is -0.752. The minimum absolute atomic E-state index is 0.176. The van der Waals surface area contributed by atoms with Gasteiger partial charge in [0, 0.05) is 12.1 Å². The van der Waals surface area contributed by atoms with Crippen LogP contribution < -0.4 is 9.47 Å². The van der Waals surface area contributed by atoms with Crippen LogP contribution in [0.15, 0.2) is 46.8 Å². The smallest absolute Gasteiger partial charge is 0.347 e. The van der Waals surface area contributed by atoms with Crippen LogP contribution in [-0.4, -0.2) is 24.5 Å². The number of fused-ring (bicyclic) bond motifs is 1. The van der Waals surface area contributed by atoms with E-state index < -0.39 is 12.1 Å². The zero-order valence-corrected chi connectivity index (χ0v) is 13.3. The number of rotatable bonds is 5. The van der Waals surface area contributed by atoms with Crippen molar-refractivity contribution in [3.05, 3.63) is 53.7 Å². The van der Waals surface area contributed by atoms with E-state index in [-0.39, 0.29) is 18.1 Å². The molecule has 2 heterocycles. The predicted octanol–water partition coefficient (Wildman–Crippen LogP) is 3.23. The normalized spacial score (nSPS) is 15.8. The largest absolute Gasteiger partial charge is 0.479 e. The molecule has 2 aromatic rings. The average molecular weight is 328 g/mol. The van der Waals surface area contributed by atoms with Crippen LogP contribution in [0.1, 0.15) is 30.0 Å². The molecular weight excluding hydrogens is 312 g/mol. The van der Waals surface area contributed by atoms with Gasteiger partial charge in [-0.25, -0.2) is 4.79 Å². The number of ketones is 1. The molecular formula is C18H16O6. The number of Topliss-reactive ketones (excluding diaryl/α,β-unsaturated/α-hetero) is 1. The number of hydrogen-bond donors (Lipinski definition) is 0. The summed E-state index contributed by atoms with van der Waals surface area (Å²) in [5.41, 5.74) is 0.434. The summed E-state index contributed by atoms with van der Waals surface area (Å²) in [5, 5.41) is 0. The highest BCUT2D eigenvalue weighted by Gasteiger charge is 2.28. The Kier molecular flexibility index (Phi) is 4.37. The van der Waals surface area contributed by atoms with Crippen molar-refractivity contribution in [2.24, 2.45) is 0 Å². The molecule has 1 aliphatic rings. The highest BCUT2D eigenvalue weighted by Crippen LogP contribution is 2.35. The number of carbonyl (C=O) groups excluding carboxylic acids is 2. The third kappa shape index (κ3) is 3.17. The molecule has 0 N–H and O–H groups in total. The quantitative estimate of drug-likeness (QED) is 0.619. The summed E-state index contributed by atoms with van der Waals surface area (Å²) in [4.78, 5) is 23.9. The highest BCUT2D eigenvalue weighted by molar-refractivity contribution is 6.14. The van der Waals surface area contributed by atoms with Gasteiger partial charge in [0.15, 0.2) is 11.9 Å². The van der Waals surface area contributed by atoms with E-state index in [9.17, 15) is 9.59 Å². The first kappa shape index (κ1) is 15.9. The maximum absolute atomic E-state index is 12.3. The van der Waals surface area contributed by atoms with Crippen LogP contribution in [0.3, 0.4) is 0 Å². The molecule has 0 aliphatic carbocycles. The molecule has 0 fully saturated rings. The summed E-state index contributed by atoms with van der Waals surface area (Å²) in [6.45, 7) is 3.61. The minimum Gasteiger partial charge on any atom is -0.479 e. The molecule has 0 radical (unpaired) electrons. The Labute approximate surface area is 138 Å². The number of allylic oxidation sites excluding steroid dienone is 1. The Hall–Kier alpha value is -3.02. The maximum Gasteiger partial charge on any atom is 0.347 e. The highest BCUT2D eigenvalue weighted by atomic mass is 16.6. The van der Waals surface area contributed by atoms with E-state index in [0.717, 1.165) is 0 Å². The molecule has 1 aromatic carbocycles. The topological polar surface area (TPSA) is 75.0 Å². The molecule has 6 nitrogen and oxygen atoms in total. The van der Waals surface area contributed by atoms with Gasteiger partial charge >= 0.3 is 5.97 Å². The van der Waals surface area contributed by atoms with Gasteiger partial charge in [-0.2, -0.15) is 0 Å². The molecule has 6 heteroatoms. The Bertz CT molecular complexity index is 788. The number of hydrogen-bond acceptors (Lipinski definition) is 6. The van der Waals surface area contributed by atoms with E-state index in [1.165, 1.54) is 12.3 Å². The van der Waals surface area contributed by atoms with Crippen LogP contribution in [0.4, 0.5) is 0 Å². The molecule has 1 atom stereocenters. The van der Waals surface area contributed by atoms with Gasteiger partial charge in [-0.05, 0) is 38.1 Å². The maximum atomic E-state index is 12.3. The van der Waals surface area contributed by atoms with Gasteiger partial charge in [0.05, 0.1) is 18.4 Å². The van der Waals surface area contributed by atoms with E-state index in [1.54, 1.807) is 44.2 Å². The number of ether oxygens (including phenoxy) is 3. The van der Waals surface area contributed by atoms with E-state index in [4.69, 9.17) is 18.6 Å². The van der Waals surface area contributed by atoms with Crippen molar-refractivity contribution in [1.82, 2.24) is 0 Å². The molecule has 24 heavy (non-hydrogen) atoms. The first-order chi connectivity index (χ1) is 11.6. The molecule has 0 saturated carbocycles. The third-order valence-corrected chi connectivity index (χ3v) is 3.39. The molecule has 0 bridgehead atoms. The van der Waals surface area contributed by atoms with Gasteiger partial charge in [0.1, 0.15) is 17.3 Å². The Morgan fingerprint density at radius 3 is 2.88 bits per heavy atom. The monoisotopic (exact) mass is 328 g/mol. The van der Waals surface area contributed by atoms with Gasteiger partial charge in [0.25, 0.3) is 0 Å². The Balaban J connectivity index is 1.77. The van der Waals surface area contributed by atoms with E-state index in [1.807, 2.05) is 0 Å². The fourth-order valence-electron chi connectivity index (χ4n) is 2.25. The third-order valence-electron chi connectivity index (χ3n) is 3.39. The summed E-state index contributed by atoms with van der Waals surface area (Å²) in [6.07, 6.45) is 2.30. The number of esters is 1. The van der Waals surface area contributed by atoms with Crippen molar-refractivity contribution in [3.63, 3.8) is 0 Å². The van der Waals surface area contributed by atoms with Gasteiger partial charge in [-0.3, -0.25) is 4.79 Å². The second-order valence-corrected chi connectivity index (χ2v) is 5.13. The zero-order chi connectivity index (χ0) is 17.1. The molecule has 0 amide bonds. The van der Waals surface area contributed by atoms with Crippen molar-refractivity contribution in [1.29, 1.82) is 0 Å². The SMILES string of the molecule is CCOC(=O)[C@H](C)Oc1ccc2c(c1)O/C(=C\c1ccco1)C2=O. The lowest BCUT2D eigenvalue weighted by atomic mass is 10.1. The number of benzene rings is 1. The fourth-order valence-corrected chi connectivity index (χ4v) is 2.25. The van der Waals surface area contributed by atoms with E-state index in [2.05, 4.69) is 0 Å². The standard InChI is InChI=1S/C18H16O6/c1-3-21-18(20)11(2)23-13-6-7-14-15(10-13)24-16(17(14)19)9-12-5-4-8-22-12/h4-11H,3H2,1-2H3/b16-9-/t11-/m0/s1.